The SMILES string of the molecule is O=C(NCCCc1ccccn1)c1cccc(OCC(=O)N2CCCCC2)c1. The molecule has 2 heterocycles. The second kappa shape index (κ2) is 10.4. The van der Waals surface area contributed by atoms with Gasteiger partial charge in [-0.05, 0) is 62.4 Å². The van der Waals surface area contributed by atoms with Gasteiger partial charge in [-0.1, -0.05) is 12.1 Å². The molecule has 1 fully saturated rings. The van der Waals surface area contributed by atoms with E-state index >= 15 is 0 Å². The molecule has 2 aromatic rings. The van der Waals surface area contributed by atoms with Crippen molar-refractivity contribution in [1.82, 2.24) is 15.2 Å². The molecule has 0 spiro atoms. The molecule has 0 bridgehead atoms. The van der Waals surface area contributed by atoms with Gasteiger partial charge in [0.2, 0.25) is 0 Å². The van der Waals surface area contributed by atoms with Crippen LogP contribution in [0.25, 0.3) is 0 Å². The third-order valence-electron chi connectivity index (χ3n) is 4.79. The maximum atomic E-state index is 12.3. The van der Waals surface area contributed by atoms with Crippen molar-refractivity contribution in [2.24, 2.45) is 0 Å². The largest absolute Gasteiger partial charge is 0.484 e. The predicted octanol–water partition coefficient (Wildman–Crippen LogP) is 2.84. The number of aryl methyl sites for hydroxylation is 1. The van der Waals surface area contributed by atoms with Gasteiger partial charge in [-0.15, -0.1) is 0 Å². The zero-order chi connectivity index (χ0) is 19.6. The van der Waals surface area contributed by atoms with Crippen LogP contribution in [0.4, 0.5) is 0 Å². The fraction of sp³-hybridized carbons (Fsp3) is 0.409. The zero-order valence-electron chi connectivity index (χ0n) is 16.1. The summed E-state index contributed by atoms with van der Waals surface area (Å²) in [5, 5.41) is 2.92. The number of likely N-dealkylation sites (tertiary alicyclic amines) is 1. The second-order valence-electron chi connectivity index (χ2n) is 6.94. The molecule has 1 aromatic heterocycles. The highest BCUT2D eigenvalue weighted by Crippen LogP contribution is 2.14. The van der Waals surface area contributed by atoms with Gasteiger partial charge in [-0.2, -0.15) is 0 Å². The number of pyridine rings is 1. The van der Waals surface area contributed by atoms with E-state index in [0.29, 0.717) is 17.9 Å². The van der Waals surface area contributed by atoms with Crippen LogP contribution >= 0.6 is 0 Å². The van der Waals surface area contributed by atoms with Crippen molar-refractivity contribution in [3.63, 3.8) is 0 Å². The fourth-order valence-electron chi connectivity index (χ4n) is 3.23. The minimum absolute atomic E-state index is 0.00377. The van der Waals surface area contributed by atoms with Gasteiger partial charge in [0.05, 0.1) is 0 Å². The Labute approximate surface area is 165 Å². The Balaban J connectivity index is 1.42. The molecule has 0 aliphatic carbocycles. The number of benzene rings is 1. The molecular weight excluding hydrogens is 354 g/mol. The van der Waals surface area contributed by atoms with Crippen molar-refractivity contribution in [3.8, 4) is 5.75 Å². The molecule has 3 rings (SSSR count). The van der Waals surface area contributed by atoms with Crippen LogP contribution in [0.1, 0.15) is 41.7 Å². The minimum Gasteiger partial charge on any atom is -0.484 e. The van der Waals surface area contributed by atoms with E-state index in [1.807, 2.05) is 23.1 Å². The zero-order valence-corrected chi connectivity index (χ0v) is 16.1. The summed E-state index contributed by atoms with van der Waals surface area (Å²) in [6.45, 7) is 2.20. The Morgan fingerprint density at radius 2 is 1.93 bits per heavy atom. The van der Waals surface area contributed by atoms with E-state index in [1.165, 1.54) is 6.42 Å². The molecule has 28 heavy (non-hydrogen) atoms. The summed E-state index contributed by atoms with van der Waals surface area (Å²) < 4.78 is 5.62. The standard InChI is InChI=1S/C22H27N3O3/c26-21(25-14-4-1-5-15-25)17-28-20-11-6-8-18(16-20)22(27)24-13-7-10-19-9-2-3-12-23-19/h2-3,6,8-9,11-12,16H,1,4-5,7,10,13-15,17H2,(H,24,27). The quantitative estimate of drug-likeness (QED) is 0.714. The molecule has 148 valence electrons. The lowest BCUT2D eigenvalue weighted by Crippen LogP contribution is -2.38. The van der Waals surface area contributed by atoms with Crippen molar-refractivity contribution in [2.45, 2.75) is 32.1 Å². The van der Waals surface area contributed by atoms with Gasteiger partial charge < -0.3 is 15.0 Å². The number of hydrogen-bond acceptors (Lipinski definition) is 4. The summed E-state index contributed by atoms with van der Waals surface area (Å²) in [4.78, 5) is 30.7. The summed E-state index contributed by atoms with van der Waals surface area (Å²) >= 11 is 0. The molecule has 0 unspecified atom stereocenters. The number of hydrogen-bond donors (Lipinski definition) is 1. The van der Waals surface area contributed by atoms with E-state index in [9.17, 15) is 9.59 Å². The molecule has 1 aromatic carbocycles. The van der Waals surface area contributed by atoms with Crippen LogP contribution in [0.15, 0.2) is 48.7 Å². The molecule has 2 amide bonds. The van der Waals surface area contributed by atoms with Crippen LogP contribution in [0.2, 0.25) is 0 Å². The van der Waals surface area contributed by atoms with Gasteiger partial charge in [0.1, 0.15) is 5.75 Å². The van der Waals surface area contributed by atoms with Crippen molar-refractivity contribution >= 4 is 11.8 Å². The molecule has 1 N–H and O–H groups in total. The number of nitrogens with one attached hydrogen (secondary N) is 1. The highest BCUT2D eigenvalue weighted by molar-refractivity contribution is 5.94. The number of rotatable bonds is 8. The Hall–Kier alpha value is -2.89. The number of carbonyl (C=O) groups is 2. The molecule has 0 saturated carbocycles. The van der Waals surface area contributed by atoms with Gasteiger partial charge in [-0.25, -0.2) is 0 Å². The Morgan fingerprint density at radius 3 is 2.71 bits per heavy atom. The van der Waals surface area contributed by atoms with Gasteiger partial charge in [0.25, 0.3) is 11.8 Å². The van der Waals surface area contributed by atoms with E-state index in [2.05, 4.69) is 10.3 Å². The van der Waals surface area contributed by atoms with E-state index < -0.39 is 0 Å². The van der Waals surface area contributed by atoms with E-state index in [-0.39, 0.29) is 18.4 Å². The normalized spacial score (nSPS) is 13.8. The van der Waals surface area contributed by atoms with Crippen LogP contribution in [0.5, 0.6) is 5.75 Å². The first-order valence-electron chi connectivity index (χ1n) is 9.91. The maximum absolute atomic E-state index is 12.3. The lowest BCUT2D eigenvalue weighted by Gasteiger charge is -2.26. The monoisotopic (exact) mass is 381 g/mol. The van der Waals surface area contributed by atoms with Crippen molar-refractivity contribution in [2.75, 3.05) is 26.2 Å². The Kier molecular flexibility index (Phi) is 7.41. The summed E-state index contributed by atoms with van der Waals surface area (Å²) in [6.07, 6.45) is 6.72. The summed E-state index contributed by atoms with van der Waals surface area (Å²) in [7, 11) is 0. The smallest absolute Gasteiger partial charge is 0.260 e. The molecule has 6 heteroatoms. The van der Waals surface area contributed by atoms with Crippen LogP contribution in [0.3, 0.4) is 0 Å². The summed E-state index contributed by atoms with van der Waals surface area (Å²) in [6, 6.07) is 12.8. The lowest BCUT2D eigenvalue weighted by atomic mass is 10.1. The fourth-order valence-corrected chi connectivity index (χ4v) is 3.23. The molecule has 0 atom stereocenters. The number of ether oxygens (including phenoxy) is 1. The van der Waals surface area contributed by atoms with E-state index in [0.717, 1.165) is 44.5 Å². The van der Waals surface area contributed by atoms with Crippen LogP contribution < -0.4 is 10.1 Å². The Morgan fingerprint density at radius 1 is 1.07 bits per heavy atom. The average Bonchev–Trinajstić information content (AvgIpc) is 2.76. The summed E-state index contributed by atoms with van der Waals surface area (Å²) in [5.41, 5.74) is 1.55. The topological polar surface area (TPSA) is 71.5 Å². The molecule has 6 nitrogen and oxygen atoms in total. The minimum atomic E-state index is -0.145. The van der Waals surface area contributed by atoms with Crippen LogP contribution in [0, 0.1) is 0 Å². The number of piperidine rings is 1. The van der Waals surface area contributed by atoms with Crippen LogP contribution in [-0.4, -0.2) is 47.9 Å². The van der Waals surface area contributed by atoms with Crippen molar-refractivity contribution in [3.05, 3.63) is 59.9 Å². The second-order valence-corrected chi connectivity index (χ2v) is 6.94. The summed E-state index contributed by atoms with van der Waals surface area (Å²) in [5.74, 6) is 0.393. The first-order chi connectivity index (χ1) is 13.7. The highest BCUT2D eigenvalue weighted by atomic mass is 16.5. The average molecular weight is 381 g/mol. The third-order valence-corrected chi connectivity index (χ3v) is 4.79. The molecule has 1 aliphatic heterocycles. The molecule has 0 radical (unpaired) electrons. The lowest BCUT2D eigenvalue weighted by molar-refractivity contribution is -0.134. The number of amides is 2. The molecular formula is C22H27N3O3. The maximum Gasteiger partial charge on any atom is 0.260 e. The predicted molar refractivity (Wildman–Crippen MR) is 107 cm³/mol. The van der Waals surface area contributed by atoms with Gasteiger partial charge in [0, 0.05) is 37.1 Å². The Bertz CT molecular complexity index is 774. The third kappa shape index (κ3) is 6.08. The first-order valence-corrected chi connectivity index (χ1v) is 9.91. The van der Waals surface area contributed by atoms with Gasteiger partial charge >= 0.3 is 0 Å². The van der Waals surface area contributed by atoms with Crippen LogP contribution in [-0.2, 0) is 11.2 Å². The first kappa shape index (κ1) is 19.9. The van der Waals surface area contributed by atoms with Gasteiger partial charge in [-0.3, -0.25) is 14.6 Å². The van der Waals surface area contributed by atoms with Crippen molar-refractivity contribution < 1.29 is 14.3 Å². The van der Waals surface area contributed by atoms with E-state index in [4.69, 9.17) is 4.74 Å². The van der Waals surface area contributed by atoms with Gasteiger partial charge in [0.15, 0.2) is 6.61 Å². The molecule has 1 aliphatic rings. The van der Waals surface area contributed by atoms with Crippen molar-refractivity contribution in [1.29, 1.82) is 0 Å². The number of carbonyl (C=O) groups excluding carboxylic acids is 2. The number of aromatic nitrogens is 1. The van der Waals surface area contributed by atoms with E-state index in [1.54, 1.807) is 30.5 Å². The highest BCUT2D eigenvalue weighted by Gasteiger charge is 2.17. The number of nitrogens with zero attached hydrogens (tertiary/aromatic N) is 2. The molecule has 1 saturated heterocycles.